The first kappa shape index (κ1) is 13.6. The standard InChI is InChI=1S/C16H18FNO/c1-3-16(18,12-8-4-6-10-14(12)17)13-9-5-7-11-15(13)19-2/h4-11H,3,18H2,1-2H3. The van der Waals surface area contributed by atoms with Gasteiger partial charge in [0.05, 0.1) is 12.6 Å². The van der Waals surface area contributed by atoms with E-state index in [9.17, 15) is 4.39 Å². The molecular formula is C16H18FNO. The van der Waals surface area contributed by atoms with Crippen molar-refractivity contribution in [1.82, 2.24) is 0 Å². The normalized spacial score (nSPS) is 13.9. The molecule has 2 aromatic rings. The van der Waals surface area contributed by atoms with Crippen LogP contribution in [0.15, 0.2) is 48.5 Å². The third-order valence-corrected chi connectivity index (χ3v) is 3.50. The molecule has 0 aliphatic heterocycles. The zero-order chi connectivity index (χ0) is 13.9. The molecule has 0 spiro atoms. The van der Waals surface area contributed by atoms with Crippen LogP contribution in [0.4, 0.5) is 4.39 Å². The maximum atomic E-state index is 14.1. The van der Waals surface area contributed by atoms with Crippen LogP contribution in [0.25, 0.3) is 0 Å². The van der Waals surface area contributed by atoms with Gasteiger partial charge in [-0.3, -0.25) is 0 Å². The predicted octanol–water partition coefficient (Wildman–Crippen LogP) is 3.45. The summed E-state index contributed by atoms with van der Waals surface area (Å²) in [6.45, 7) is 1.94. The third kappa shape index (κ3) is 2.34. The second kappa shape index (κ2) is 5.41. The summed E-state index contributed by atoms with van der Waals surface area (Å²) in [4.78, 5) is 0. The van der Waals surface area contributed by atoms with Crippen molar-refractivity contribution < 1.29 is 9.13 Å². The maximum Gasteiger partial charge on any atom is 0.128 e. The van der Waals surface area contributed by atoms with Gasteiger partial charge in [-0.15, -0.1) is 0 Å². The highest BCUT2D eigenvalue weighted by atomic mass is 19.1. The first-order valence-electron chi connectivity index (χ1n) is 6.31. The zero-order valence-corrected chi connectivity index (χ0v) is 11.2. The minimum absolute atomic E-state index is 0.294. The molecular weight excluding hydrogens is 241 g/mol. The van der Waals surface area contributed by atoms with Crippen LogP contribution in [0.5, 0.6) is 5.75 Å². The van der Waals surface area contributed by atoms with Gasteiger partial charge in [-0.25, -0.2) is 4.39 Å². The maximum absolute atomic E-state index is 14.1. The van der Waals surface area contributed by atoms with E-state index in [0.717, 1.165) is 5.56 Å². The summed E-state index contributed by atoms with van der Waals surface area (Å²) in [7, 11) is 1.59. The molecule has 1 unspecified atom stereocenters. The quantitative estimate of drug-likeness (QED) is 0.912. The van der Waals surface area contributed by atoms with Crippen molar-refractivity contribution in [2.45, 2.75) is 18.9 Å². The molecule has 0 amide bonds. The summed E-state index contributed by atoms with van der Waals surface area (Å²) in [6, 6.07) is 14.1. The summed E-state index contributed by atoms with van der Waals surface area (Å²) >= 11 is 0. The lowest BCUT2D eigenvalue weighted by Gasteiger charge is -2.31. The minimum Gasteiger partial charge on any atom is -0.496 e. The van der Waals surface area contributed by atoms with E-state index in [4.69, 9.17) is 10.5 Å². The average Bonchev–Trinajstić information content (AvgIpc) is 2.47. The molecule has 0 radical (unpaired) electrons. The van der Waals surface area contributed by atoms with Crippen molar-refractivity contribution in [2.75, 3.05) is 7.11 Å². The Kier molecular flexibility index (Phi) is 3.86. The van der Waals surface area contributed by atoms with Crippen LogP contribution in [0, 0.1) is 5.82 Å². The Morgan fingerprint density at radius 3 is 2.21 bits per heavy atom. The lowest BCUT2D eigenvalue weighted by Crippen LogP contribution is -2.38. The van der Waals surface area contributed by atoms with E-state index in [0.29, 0.717) is 17.7 Å². The van der Waals surface area contributed by atoms with Crippen molar-refractivity contribution in [3.05, 3.63) is 65.5 Å². The number of nitrogens with two attached hydrogens (primary N) is 1. The summed E-state index contributed by atoms with van der Waals surface area (Å²) in [5.74, 6) is 0.382. The first-order valence-corrected chi connectivity index (χ1v) is 6.31. The molecule has 0 heterocycles. The van der Waals surface area contributed by atoms with Gasteiger partial charge in [-0.1, -0.05) is 43.3 Å². The molecule has 0 aromatic heterocycles. The van der Waals surface area contributed by atoms with Gasteiger partial charge in [0.25, 0.3) is 0 Å². The molecule has 0 fully saturated rings. The Morgan fingerprint density at radius 2 is 1.63 bits per heavy atom. The van der Waals surface area contributed by atoms with Gasteiger partial charge in [-0.2, -0.15) is 0 Å². The Bertz CT molecular complexity index is 570. The number of benzene rings is 2. The van der Waals surface area contributed by atoms with Crippen LogP contribution in [0.3, 0.4) is 0 Å². The smallest absolute Gasteiger partial charge is 0.128 e. The van der Waals surface area contributed by atoms with E-state index in [-0.39, 0.29) is 5.82 Å². The molecule has 0 bridgehead atoms. The van der Waals surface area contributed by atoms with Gasteiger partial charge in [0, 0.05) is 11.1 Å². The molecule has 19 heavy (non-hydrogen) atoms. The Labute approximate surface area is 113 Å². The second-order valence-corrected chi connectivity index (χ2v) is 4.51. The van der Waals surface area contributed by atoms with E-state index in [1.807, 2.05) is 31.2 Å². The van der Waals surface area contributed by atoms with Crippen molar-refractivity contribution >= 4 is 0 Å². The van der Waals surface area contributed by atoms with Crippen LogP contribution in [0.2, 0.25) is 0 Å². The molecule has 0 saturated heterocycles. The van der Waals surface area contributed by atoms with Gasteiger partial charge in [0.1, 0.15) is 11.6 Å². The molecule has 0 aliphatic rings. The van der Waals surface area contributed by atoms with Gasteiger partial charge in [-0.05, 0) is 18.6 Å². The van der Waals surface area contributed by atoms with Crippen molar-refractivity contribution in [1.29, 1.82) is 0 Å². The number of para-hydroxylation sites is 1. The fourth-order valence-electron chi connectivity index (χ4n) is 2.36. The summed E-state index contributed by atoms with van der Waals surface area (Å²) in [5.41, 5.74) is 6.89. The summed E-state index contributed by atoms with van der Waals surface area (Å²) in [6.07, 6.45) is 0.578. The average molecular weight is 259 g/mol. The number of halogens is 1. The molecule has 2 aromatic carbocycles. The molecule has 1 atom stereocenters. The number of methoxy groups -OCH3 is 1. The van der Waals surface area contributed by atoms with Crippen LogP contribution in [-0.2, 0) is 5.54 Å². The molecule has 0 aliphatic carbocycles. The minimum atomic E-state index is -0.891. The Balaban J connectivity index is 2.63. The van der Waals surface area contributed by atoms with Crippen molar-refractivity contribution in [3.63, 3.8) is 0 Å². The first-order chi connectivity index (χ1) is 9.13. The summed E-state index contributed by atoms with van der Waals surface area (Å²) < 4.78 is 19.4. The highest BCUT2D eigenvalue weighted by Gasteiger charge is 2.32. The highest BCUT2D eigenvalue weighted by molar-refractivity contribution is 5.46. The highest BCUT2D eigenvalue weighted by Crippen LogP contribution is 2.36. The topological polar surface area (TPSA) is 35.2 Å². The predicted molar refractivity (Wildman–Crippen MR) is 74.7 cm³/mol. The number of hydrogen-bond acceptors (Lipinski definition) is 2. The van der Waals surface area contributed by atoms with E-state index >= 15 is 0 Å². The molecule has 2 N–H and O–H groups in total. The SMILES string of the molecule is CCC(N)(c1ccccc1F)c1ccccc1OC. The van der Waals surface area contributed by atoms with E-state index in [1.54, 1.807) is 25.3 Å². The molecule has 3 heteroatoms. The Hall–Kier alpha value is -1.87. The van der Waals surface area contributed by atoms with Crippen LogP contribution >= 0.6 is 0 Å². The zero-order valence-electron chi connectivity index (χ0n) is 11.2. The van der Waals surface area contributed by atoms with Crippen LogP contribution in [-0.4, -0.2) is 7.11 Å². The molecule has 0 saturated carbocycles. The van der Waals surface area contributed by atoms with Gasteiger partial charge in [0.15, 0.2) is 0 Å². The third-order valence-electron chi connectivity index (χ3n) is 3.50. The fourth-order valence-corrected chi connectivity index (χ4v) is 2.36. The molecule has 2 nitrogen and oxygen atoms in total. The summed E-state index contributed by atoms with van der Waals surface area (Å²) in [5, 5.41) is 0. The lowest BCUT2D eigenvalue weighted by molar-refractivity contribution is 0.388. The lowest BCUT2D eigenvalue weighted by atomic mass is 9.81. The van der Waals surface area contributed by atoms with Crippen molar-refractivity contribution in [2.24, 2.45) is 5.73 Å². The van der Waals surface area contributed by atoms with E-state index in [1.165, 1.54) is 6.07 Å². The van der Waals surface area contributed by atoms with Crippen LogP contribution < -0.4 is 10.5 Å². The van der Waals surface area contributed by atoms with Gasteiger partial charge >= 0.3 is 0 Å². The number of rotatable bonds is 4. The van der Waals surface area contributed by atoms with Gasteiger partial charge in [0.2, 0.25) is 0 Å². The largest absolute Gasteiger partial charge is 0.496 e. The van der Waals surface area contributed by atoms with E-state index < -0.39 is 5.54 Å². The van der Waals surface area contributed by atoms with Crippen molar-refractivity contribution in [3.8, 4) is 5.75 Å². The van der Waals surface area contributed by atoms with Gasteiger partial charge < -0.3 is 10.5 Å². The van der Waals surface area contributed by atoms with Crippen LogP contribution in [0.1, 0.15) is 24.5 Å². The fraction of sp³-hybridized carbons (Fsp3) is 0.250. The van der Waals surface area contributed by atoms with E-state index in [2.05, 4.69) is 0 Å². The Morgan fingerprint density at radius 1 is 1.05 bits per heavy atom. The second-order valence-electron chi connectivity index (χ2n) is 4.51. The molecule has 2 rings (SSSR count). The molecule has 100 valence electrons. The monoisotopic (exact) mass is 259 g/mol. The number of ether oxygens (including phenoxy) is 1. The number of hydrogen-bond donors (Lipinski definition) is 1.